The Labute approximate surface area is 114 Å². The molecule has 0 aromatic carbocycles. The first-order chi connectivity index (χ1) is 9.13. The zero-order chi connectivity index (χ0) is 13.7. The molecule has 1 saturated carbocycles. The molecule has 5 heteroatoms. The van der Waals surface area contributed by atoms with Crippen LogP contribution in [-0.2, 0) is 11.3 Å². The Morgan fingerprint density at radius 3 is 3.11 bits per heavy atom. The minimum Gasteiger partial charge on any atom is -0.393 e. The maximum Gasteiger partial charge on any atom is 0.221 e. The second kappa shape index (κ2) is 6.70. The normalized spacial score (nSPS) is 23.3. The number of carbonyl (C=O) groups is 1. The quantitative estimate of drug-likeness (QED) is 0.842. The molecule has 1 aromatic heterocycles. The third kappa shape index (κ3) is 4.67. The van der Waals surface area contributed by atoms with Gasteiger partial charge in [-0.15, -0.1) is 0 Å². The van der Waals surface area contributed by atoms with Crippen LogP contribution >= 0.6 is 0 Å². The molecule has 2 N–H and O–H groups in total. The van der Waals surface area contributed by atoms with Crippen LogP contribution in [0.15, 0.2) is 12.4 Å². The molecule has 1 fully saturated rings. The number of hydrogen-bond acceptors (Lipinski definition) is 3. The lowest BCUT2D eigenvalue weighted by Gasteiger charge is -2.25. The highest BCUT2D eigenvalue weighted by Gasteiger charge is 2.20. The molecule has 1 aliphatic carbocycles. The van der Waals surface area contributed by atoms with Gasteiger partial charge in [0.2, 0.25) is 5.91 Å². The van der Waals surface area contributed by atoms with Crippen molar-refractivity contribution in [2.24, 2.45) is 5.92 Å². The molecule has 1 heterocycles. The van der Waals surface area contributed by atoms with Gasteiger partial charge >= 0.3 is 0 Å². The van der Waals surface area contributed by atoms with Crippen molar-refractivity contribution in [1.82, 2.24) is 15.1 Å². The van der Waals surface area contributed by atoms with Gasteiger partial charge in [0.1, 0.15) is 0 Å². The van der Waals surface area contributed by atoms with E-state index in [1.54, 1.807) is 10.9 Å². The van der Waals surface area contributed by atoms with E-state index >= 15 is 0 Å². The van der Waals surface area contributed by atoms with Crippen molar-refractivity contribution in [3.05, 3.63) is 18.0 Å². The summed E-state index contributed by atoms with van der Waals surface area (Å²) in [6.45, 7) is 3.29. The first-order valence-electron chi connectivity index (χ1n) is 7.07. The lowest BCUT2D eigenvalue weighted by molar-refractivity contribution is -0.121. The Kier molecular flexibility index (Phi) is 4.96. The Morgan fingerprint density at radius 1 is 1.58 bits per heavy atom. The van der Waals surface area contributed by atoms with E-state index in [-0.39, 0.29) is 12.0 Å². The number of rotatable bonds is 5. The number of amides is 1. The van der Waals surface area contributed by atoms with Gasteiger partial charge in [-0.1, -0.05) is 6.42 Å². The van der Waals surface area contributed by atoms with Crippen molar-refractivity contribution < 1.29 is 9.90 Å². The van der Waals surface area contributed by atoms with Gasteiger partial charge in [0.05, 0.1) is 12.3 Å². The van der Waals surface area contributed by atoms with E-state index in [1.807, 2.05) is 13.1 Å². The summed E-state index contributed by atoms with van der Waals surface area (Å²) in [6, 6.07) is 0. The van der Waals surface area contributed by atoms with Crippen molar-refractivity contribution in [2.45, 2.75) is 51.7 Å². The summed E-state index contributed by atoms with van der Waals surface area (Å²) in [5.74, 6) is 0.493. The second-order valence-corrected chi connectivity index (χ2v) is 5.52. The van der Waals surface area contributed by atoms with Gasteiger partial charge in [0.25, 0.3) is 0 Å². The van der Waals surface area contributed by atoms with Gasteiger partial charge in [0.15, 0.2) is 0 Å². The molecular weight excluding hydrogens is 242 g/mol. The van der Waals surface area contributed by atoms with Crippen LogP contribution in [-0.4, -0.2) is 33.4 Å². The lowest BCUT2D eigenvalue weighted by atomic mass is 9.87. The summed E-state index contributed by atoms with van der Waals surface area (Å²) in [7, 11) is 0. The third-order valence-corrected chi connectivity index (χ3v) is 3.67. The largest absolute Gasteiger partial charge is 0.393 e. The Hall–Kier alpha value is -1.36. The van der Waals surface area contributed by atoms with Crippen molar-refractivity contribution in [3.8, 4) is 0 Å². The maximum atomic E-state index is 11.7. The average Bonchev–Trinajstić information content (AvgIpc) is 2.80. The van der Waals surface area contributed by atoms with E-state index in [2.05, 4.69) is 10.4 Å². The molecule has 106 valence electrons. The van der Waals surface area contributed by atoms with Crippen molar-refractivity contribution in [3.63, 3.8) is 0 Å². The zero-order valence-electron chi connectivity index (χ0n) is 11.5. The van der Waals surface area contributed by atoms with Crippen molar-refractivity contribution >= 4 is 5.91 Å². The first kappa shape index (κ1) is 14.1. The van der Waals surface area contributed by atoms with E-state index in [1.165, 1.54) is 0 Å². The third-order valence-electron chi connectivity index (χ3n) is 3.67. The van der Waals surface area contributed by atoms with Gasteiger partial charge in [0, 0.05) is 25.7 Å². The Balaban J connectivity index is 1.64. The molecule has 2 atom stereocenters. The molecule has 5 nitrogen and oxygen atoms in total. The molecule has 0 radical (unpaired) electrons. The number of aromatic nitrogens is 2. The molecule has 1 aromatic rings. The van der Waals surface area contributed by atoms with Crippen LogP contribution in [0, 0.1) is 12.8 Å². The van der Waals surface area contributed by atoms with Crippen LogP contribution < -0.4 is 5.32 Å². The van der Waals surface area contributed by atoms with Crippen LogP contribution in [0.2, 0.25) is 0 Å². The van der Waals surface area contributed by atoms with E-state index in [0.29, 0.717) is 25.4 Å². The predicted molar refractivity (Wildman–Crippen MR) is 72.6 cm³/mol. The topological polar surface area (TPSA) is 67.2 Å². The molecule has 2 unspecified atom stereocenters. The van der Waals surface area contributed by atoms with E-state index in [4.69, 9.17) is 0 Å². The summed E-state index contributed by atoms with van der Waals surface area (Å²) < 4.78 is 1.79. The van der Waals surface area contributed by atoms with Crippen molar-refractivity contribution in [2.75, 3.05) is 6.54 Å². The van der Waals surface area contributed by atoms with Gasteiger partial charge in [-0.3, -0.25) is 9.48 Å². The van der Waals surface area contributed by atoms with Crippen LogP contribution in [0.3, 0.4) is 0 Å². The van der Waals surface area contributed by atoms with Gasteiger partial charge in [-0.25, -0.2) is 0 Å². The van der Waals surface area contributed by atoms with Gasteiger partial charge in [-0.2, -0.15) is 5.10 Å². The van der Waals surface area contributed by atoms with Crippen LogP contribution in [0.5, 0.6) is 0 Å². The average molecular weight is 265 g/mol. The van der Waals surface area contributed by atoms with Gasteiger partial charge in [-0.05, 0) is 37.7 Å². The highest BCUT2D eigenvalue weighted by molar-refractivity contribution is 5.75. The number of nitrogens with zero attached hydrogens (tertiary/aromatic N) is 2. The number of aryl methyl sites for hydroxylation is 2. The fourth-order valence-electron chi connectivity index (χ4n) is 2.60. The fraction of sp³-hybridized carbons (Fsp3) is 0.714. The smallest absolute Gasteiger partial charge is 0.221 e. The zero-order valence-corrected chi connectivity index (χ0v) is 11.5. The summed E-state index contributed by atoms with van der Waals surface area (Å²) in [4.78, 5) is 11.7. The predicted octanol–water partition coefficient (Wildman–Crippen LogP) is 1.25. The van der Waals surface area contributed by atoms with E-state index in [0.717, 1.165) is 31.2 Å². The Morgan fingerprint density at radius 2 is 2.42 bits per heavy atom. The highest BCUT2D eigenvalue weighted by Crippen LogP contribution is 2.23. The molecule has 1 amide bonds. The number of aliphatic hydroxyl groups is 1. The SMILES string of the molecule is Cc1cnn(CCC(=O)NCC2CCCC(O)C2)c1. The van der Waals surface area contributed by atoms with Gasteiger partial charge < -0.3 is 10.4 Å². The number of carbonyl (C=O) groups excluding carboxylic acids is 1. The summed E-state index contributed by atoms with van der Waals surface area (Å²) in [6.07, 6.45) is 7.90. The number of aliphatic hydroxyl groups excluding tert-OH is 1. The first-order valence-corrected chi connectivity index (χ1v) is 7.07. The van der Waals surface area contributed by atoms with E-state index in [9.17, 15) is 9.90 Å². The maximum absolute atomic E-state index is 11.7. The minimum absolute atomic E-state index is 0.0632. The standard InChI is InChI=1S/C14H23N3O2/c1-11-8-16-17(10-11)6-5-14(19)15-9-12-3-2-4-13(18)7-12/h8,10,12-13,18H,2-7,9H2,1H3,(H,15,19). The number of nitrogens with one attached hydrogen (secondary N) is 1. The molecule has 0 saturated heterocycles. The molecular formula is C14H23N3O2. The summed E-state index contributed by atoms with van der Waals surface area (Å²) in [5, 5.41) is 16.7. The summed E-state index contributed by atoms with van der Waals surface area (Å²) >= 11 is 0. The molecule has 19 heavy (non-hydrogen) atoms. The molecule has 0 aliphatic heterocycles. The number of hydrogen-bond donors (Lipinski definition) is 2. The van der Waals surface area contributed by atoms with Crippen molar-refractivity contribution in [1.29, 1.82) is 0 Å². The van der Waals surface area contributed by atoms with E-state index < -0.39 is 0 Å². The molecule has 0 bridgehead atoms. The minimum atomic E-state index is -0.178. The summed E-state index contributed by atoms with van der Waals surface area (Å²) in [5.41, 5.74) is 1.11. The van der Waals surface area contributed by atoms with Crippen LogP contribution in [0.25, 0.3) is 0 Å². The monoisotopic (exact) mass is 265 g/mol. The molecule has 0 spiro atoms. The second-order valence-electron chi connectivity index (χ2n) is 5.52. The van der Waals surface area contributed by atoms with Crippen LogP contribution in [0.4, 0.5) is 0 Å². The fourth-order valence-corrected chi connectivity index (χ4v) is 2.60. The molecule has 2 rings (SSSR count). The highest BCUT2D eigenvalue weighted by atomic mass is 16.3. The van der Waals surface area contributed by atoms with Crippen LogP contribution in [0.1, 0.15) is 37.7 Å². The molecule has 1 aliphatic rings. The lowest BCUT2D eigenvalue weighted by Crippen LogP contribution is -2.33. The Bertz CT molecular complexity index is 417.